The molecule has 0 aromatic carbocycles. The fourth-order valence-corrected chi connectivity index (χ4v) is 1.64. The molecule has 0 spiro atoms. The Morgan fingerprint density at radius 1 is 1.40 bits per heavy atom. The van der Waals surface area contributed by atoms with Crippen LogP contribution in [-0.2, 0) is 9.59 Å². The van der Waals surface area contributed by atoms with E-state index in [2.05, 4.69) is 0 Å². The van der Waals surface area contributed by atoms with Gasteiger partial charge in [0.15, 0.2) is 0 Å². The lowest BCUT2D eigenvalue weighted by molar-refractivity contribution is -0.150. The van der Waals surface area contributed by atoms with Gasteiger partial charge >= 0.3 is 5.97 Å². The van der Waals surface area contributed by atoms with E-state index in [9.17, 15) is 9.59 Å². The van der Waals surface area contributed by atoms with E-state index in [0.717, 1.165) is 12.8 Å². The van der Waals surface area contributed by atoms with Crippen LogP contribution in [0.5, 0.6) is 0 Å². The van der Waals surface area contributed by atoms with E-state index in [-0.39, 0.29) is 17.7 Å². The number of hydrogen-bond donors (Lipinski definition) is 1. The van der Waals surface area contributed by atoms with Crippen molar-refractivity contribution in [2.24, 2.45) is 11.8 Å². The van der Waals surface area contributed by atoms with Crippen molar-refractivity contribution in [3.05, 3.63) is 0 Å². The maximum Gasteiger partial charge on any atom is 0.326 e. The molecule has 4 nitrogen and oxygen atoms in total. The van der Waals surface area contributed by atoms with Gasteiger partial charge in [0.25, 0.3) is 0 Å². The topological polar surface area (TPSA) is 57.6 Å². The number of carboxylic acid groups (broad SMARTS) is 1. The number of aliphatic carboxylic acids is 1. The highest BCUT2D eigenvalue weighted by Crippen LogP contribution is 2.31. The van der Waals surface area contributed by atoms with Gasteiger partial charge < -0.3 is 10.0 Å². The highest BCUT2D eigenvalue weighted by atomic mass is 16.4. The van der Waals surface area contributed by atoms with Crippen molar-refractivity contribution < 1.29 is 14.7 Å². The van der Waals surface area contributed by atoms with Gasteiger partial charge in [0, 0.05) is 13.0 Å². The van der Waals surface area contributed by atoms with E-state index in [4.69, 9.17) is 5.11 Å². The quantitative estimate of drug-likeness (QED) is 0.750. The largest absolute Gasteiger partial charge is 0.480 e. The van der Waals surface area contributed by atoms with Crippen LogP contribution in [0.2, 0.25) is 0 Å². The summed E-state index contributed by atoms with van der Waals surface area (Å²) in [6.45, 7) is 3.93. The molecule has 1 amide bonds. The zero-order chi connectivity index (χ0) is 11.6. The molecule has 0 saturated heterocycles. The highest BCUT2D eigenvalue weighted by molar-refractivity contribution is 5.86. The lowest BCUT2D eigenvalue weighted by Gasteiger charge is -2.26. The number of likely N-dealkylation sites (N-methyl/N-ethyl adjacent to an activating group) is 1. The van der Waals surface area contributed by atoms with E-state index >= 15 is 0 Å². The lowest BCUT2D eigenvalue weighted by Crippen LogP contribution is -2.43. The molecule has 1 aliphatic rings. The van der Waals surface area contributed by atoms with Crippen LogP contribution in [0.4, 0.5) is 0 Å². The molecule has 15 heavy (non-hydrogen) atoms. The molecular weight excluding hydrogens is 194 g/mol. The molecular formula is C11H19NO3. The lowest BCUT2D eigenvalue weighted by atomic mass is 10.0. The zero-order valence-electron chi connectivity index (χ0n) is 9.56. The predicted octanol–water partition coefficient (Wildman–Crippen LogP) is 1.35. The second-order valence-electron chi connectivity index (χ2n) is 4.71. The first-order valence-corrected chi connectivity index (χ1v) is 5.43. The predicted molar refractivity (Wildman–Crippen MR) is 56.4 cm³/mol. The summed E-state index contributed by atoms with van der Waals surface area (Å²) < 4.78 is 0. The third-order valence-corrected chi connectivity index (χ3v) is 2.72. The molecule has 0 aromatic rings. The van der Waals surface area contributed by atoms with Crippen LogP contribution in [0.25, 0.3) is 0 Å². The SMILES string of the molecule is CC(C)CC(C(=O)O)N(C)C(=O)C1CC1. The van der Waals surface area contributed by atoms with Crippen LogP contribution in [0.3, 0.4) is 0 Å². The standard InChI is InChI=1S/C11H19NO3/c1-7(2)6-9(11(14)15)12(3)10(13)8-4-5-8/h7-9H,4-6H2,1-3H3,(H,14,15). The average molecular weight is 213 g/mol. The van der Waals surface area contributed by atoms with E-state index in [0.29, 0.717) is 6.42 Å². The molecule has 0 bridgehead atoms. The van der Waals surface area contributed by atoms with Crippen molar-refractivity contribution in [1.29, 1.82) is 0 Å². The summed E-state index contributed by atoms with van der Waals surface area (Å²) in [7, 11) is 1.60. The third kappa shape index (κ3) is 3.22. The Bertz CT molecular complexity index is 259. The van der Waals surface area contributed by atoms with Crippen molar-refractivity contribution >= 4 is 11.9 Å². The second-order valence-corrected chi connectivity index (χ2v) is 4.71. The molecule has 86 valence electrons. The smallest absolute Gasteiger partial charge is 0.326 e. The summed E-state index contributed by atoms with van der Waals surface area (Å²) in [5.41, 5.74) is 0. The second kappa shape index (κ2) is 4.64. The number of amides is 1. The zero-order valence-corrected chi connectivity index (χ0v) is 9.56. The minimum absolute atomic E-state index is 0.0111. The molecule has 0 radical (unpaired) electrons. The number of nitrogens with zero attached hydrogens (tertiary/aromatic N) is 1. The third-order valence-electron chi connectivity index (χ3n) is 2.72. The molecule has 4 heteroatoms. The molecule has 1 aliphatic carbocycles. The fraction of sp³-hybridized carbons (Fsp3) is 0.818. The van der Waals surface area contributed by atoms with Crippen molar-refractivity contribution in [1.82, 2.24) is 4.90 Å². The molecule has 1 saturated carbocycles. The van der Waals surface area contributed by atoms with E-state index < -0.39 is 12.0 Å². The van der Waals surface area contributed by atoms with Crippen LogP contribution < -0.4 is 0 Å². The van der Waals surface area contributed by atoms with E-state index in [1.807, 2.05) is 13.8 Å². The molecule has 1 fully saturated rings. The molecule has 0 aromatic heterocycles. The minimum Gasteiger partial charge on any atom is -0.480 e. The van der Waals surface area contributed by atoms with Gasteiger partial charge in [-0.25, -0.2) is 4.79 Å². The summed E-state index contributed by atoms with van der Waals surface area (Å²) in [6.07, 6.45) is 2.35. The van der Waals surface area contributed by atoms with Crippen molar-refractivity contribution in [2.75, 3.05) is 7.05 Å². The van der Waals surface area contributed by atoms with Gasteiger partial charge in [-0.15, -0.1) is 0 Å². The van der Waals surface area contributed by atoms with Crippen molar-refractivity contribution in [2.45, 2.75) is 39.2 Å². The maximum absolute atomic E-state index is 11.7. The molecule has 0 heterocycles. The highest BCUT2D eigenvalue weighted by Gasteiger charge is 2.36. The fourth-order valence-electron chi connectivity index (χ4n) is 1.64. The average Bonchev–Trinajstić information content (AvgIpc) is 2.94. The maximum atomic E-state index is 11.7. The first-order chi connectivity index (χ1) is 6.93. The number of hydrogen-bond acceptors (Lipinski definition) is 2. The normalized spacial score (nSPS) is 17.6. The van der Waals surface area contributed by atoms with E-state index in [1.165, 1.54) is 4.90 Å². The van der Waals surface area contributed by atoms with E-state index in [1.54, 1.807) is 7.05 Å². The summed E-state index contributed by atoms with van der Waals surface area (Å²) in [5, 5.41) is 9.05. The monoisotopic (exact) mass is 213 g/mol. The number of carbonyl (C=O) groups is 2. The van der Waals surface area contributed by atoms with Crippen molar-refractivity contribution in [3.8, 4) is 0 Å². The van der Waals surface area contributed by atoms with Gasteiger partial charge in [0.05, 0.1) is 0 Å². The number of rotatable bonds is 5. The van der Waals surface area contributed by atoms with Gasteiger partial charge in [-0.1, -0.05) is 13.8 Å². The van der Waals surface area contributed by atoms with Crippen LogP contribution in [0.1, 0.15) is 33.1 Å². The number of carboxylic acids is 1. The molecule has 1 N–H and O–H groups in total. The summed E-state index contributed by atoms with van der Waals surface area (Å²) in [4.78, 5) is 24.1. The molecule has 1 unspecified atom stereocenters. The Labute approximate surface area is 90.3 Å². The Hall–Kier alpha value is -1.06. The Morgan fingerprint density at radius 3 is 2.27 bits per heavy atom. The first-order valence-electron chi connectivity index (χ1n) is 5.43. The Kier molecular flexibility index (Phi) is 3.72. The summed E-state index contributed by atoms with van der Waals surface area (Å²) in [5.74, 6) is -0.548. The van der Waals surface area contributed by atoms with Gasteiger partial charge in [0.2, 0.25) is 5.91 Å². The Balaban J connectivity index is 2.61. The van der Waals surface area contributed by atoms with Gasteiger partial charge in [-0.05, 0) is 25.2 Å². The minimum atomic E-state index is -0.903. The van der Waals surface area contributed by atoms with Crippen LogP contribution in [-0.4, -0.2) is 35.0 Å². The first kappa shape index (κ1) is 12.0. The number of carbonyl (C=O) groups excluding carboxylic acids is 1. The van der Waals surface area contributed by atoms with Crippen LogP contribution >= 0.6 is 0 Å². The van der Waals surface area contributed by atoms with Gasteiger partial charge in [-0.2, -0.15) is 0 Å². The van der Waals surface area contributed by atoms with Crippen molar-refractivity contribution in [3.63, 3.8) is 0 Å². The van der Waals surface area contributed by atoms with Crippen LogP contribution in [0, 0.1) is 11.8 Å². The van der Waals surface area contributed by atoms with Crippen LogP contribution in [0.15, 0.2) is 0 Å². The molecule has 1 rings (SSSR count). The Morgan fingerprint density at radius 2 is 1.93 bits per heavy atom. The van der Waals surface area contributed by atoms with Gasteiger partial charge in [0.1, 0.15) is 6.04 Å². The summed E-state index contributed by atoms with van der Waals surface area (Å²) in [6, 6.07) is -0.668. The summed E-state index contributed by atoms with van der Waals surface area (Å²) >= 11 is 0. The molecule has 1 atom stereocenters. The van der Waals surface area contributed by atoms with Gasteiger partial charge in [-0.3, -0.25) is 4.79 Å². The molecule has 0 aliphatic heterocycles.